The maximum Gasteiger partial charge on any atom is 0.256 e. The number of likely N-dealkylation sites (N-methyl/N-ethyl adjacent to an activating group) is 1. The Balaban J connectivity index is 2.79. The van der Waals surface area contributed by atoms with Gasteiger partial charge >= 0.3 is 0 Å². The number of ether oxygens (including phenoxy) is 1. The van der Waals surface area contributed by atoms with Gasteiger partial charge in [-0.1, -0.05) is 0 Å². The van der Waals surface area contributed by atoms with Gasteiger partial charge in [-0.15, -0.1) is 0 Å². The summed E-state index contributed by atoms with van der Waals surface area (Å²) in [5.41, 5.74) is 5.90. The van der Waals surface area contributed by atoms with Crippen molar-refractivity contribution in [3.63, 3.8) is 0 Å². The van der Waals surface area contributed by atoms with Crippen LogP contribution in [-0.2, 0) is 4.79 Å². The summed E-state index contributed by atoms with van der Waals surface area (Å²) in [5, 5.41) is 9.32. The fourth-order valence-electron chi connectivity index (χ4n) is 1.26. The van der Waals surface area contributed by atoms with E-state index in [0.29, 0.717) is 11.4 Å². The number of methoxy groups -OCH3 is 1. The molecule has 0 radical (unpaired) electrons. The molecule has 1 amide bonds. The highest BCUT2D eigenvalue weighted by molar-refractivity contribution is 5.96. The van der Waals surface area contributed by atoms with Crippen LogP contribution in [0, 0.1) is 0 Å². The average molecular weight is 224 g/mol. The summed E-state index contributed by atoms with van der Waals surface area (Å²) in [6.45, 7) is -0.0840. The first kappa shape index (κ1) is 12.5. The third-order valence-corrected chi connectivity index (χ3v) is 2.30. The number of carbonyl (C=O) groups is 1. The zero-order chi connectivity index (χ0) is 12.1. The lowest BCUT2D eigenvalue weighted by Crippen LogP contribution is -2.40. The second-order valence-electron chi connectivity index (χ2n) is 3.35. The third-order valence-electron chi connectivity index (χ3n) is 2.30. The normalized spacial score (nSPS) is 12.0. The van der Waals surface area contributed by atoms with Crippen molar-refractivity contribution < 1.29 is 14.6 Å². The minimum atomic E-state index is -1.16. The van der Waals surface area contributed by atoms with Crippen molar-refractivity contribution in [2.24, 2.45) is 5.73 Å². The van der Waals surface area contributed by atoms with Gasteiger partial charge in [0.2, 0.25) is 0 Å². The van der Waals surface area contributed by atoms with Crippen molar-refractivity contribution in [2.45, 2.75) is 6.10 Å². The molecule has 16 heavy (non-hydrogen) atoms. The fourth-order valence-corrected chi connectivity index (χ4v) is 1.26. The molecule has 0 aromatic heterocycles. The van der Waals surface area contributed by atoms with Crippen LogP contribution in [0.5, 0.6) is 5.75 Å². The van der Waals surface area contributed by atoms with E-state index in [1.165, 1.54) is 4.90 Å². The van der Waals surface area contributed by atoms with Crippen LogP contribution in [0.15, 0.2) is 24.3 Å². The van der Waals surface area contributed by atoms with Crippen LogP contribution >= 0.6 is 0 Å². The molecule has 0 aliphatic carbocycles. The van der Waals surface area contributed by atoms with Gasteiger partial charge in [-0.3, -0.25) is 4.79 Å². The van der Waals surface area contributed by atoms with Gasteiger partial charge in [-0.25, -0.2) is 0 Å². The summed E-state index contributed by atoms with van der Waals surface area (Å²) in [6, 6.07) is 6.96. The molecule has 1 rings (SSSR count). The molecule has 0 saturated carbocycles. The van der Waals surface area contributed by atoms with E-state index in [1.807, 2.05) is 0 Å². The number of aliphatic hydroxyl groups excluding tert-OH is 1. The van der Waals surface area contributed by atoms with Crippen molar-refractivity contribution in [2.75, 3.05) is 25.6 Å². The molecule has 0 heterocycles. The lowest BCUT2D eigenvalue weighted by atomic mass is 10.2. The molecule has 1 unspecified atom stereocenters. The van der Waals surface area contributed by atoms with Crippen LogP contribution in [-0.4, -0.2) is 37.8 Å². The number of amides is 1. The van der Waals surface area contributed by atoms with Gasteiger partial charge in [-0.2, -0.15) is 0 Å². The van der Waals surface area contributed by atoms with Crippen molar-refractivity contribution in [1.29, 1.82) is 0 Å². The molecule has 0 spiro atoms. The Labute approximate surface area is 94.4 Å². The summed E-state index contributed by atoms with van der Waals surface area (Å²) in [5.74, 6) is 0.289. The number of rotatable bonds is 4. The summed E-state index contributed by atoms with van der Waals surface area (Å²) in [4.78, 5) is 13.0. The van der Waals surface area contributed by atoms with Crippen molar-refractivity contribution in [1.82, 2.24) is 0 Å². The Kier molecular flexibility index (Phi) is 4.28. The van der Waals surface area contributed by atoms with E-state index in [1.54, 1.807) is 38.4 Å². The first-order valence-corrected chi connectivity index (χ1v) is 4.90. The van der Waals surface area contributed by atoms with E-state index in [9.17, 15) is 9.90 Å². The summed E-state index contributed by atoms with van der Waals surface area (Å²) in [6.07, 6.45) is -1.16. The van der Waals surface area contributed by atoms with E-state index in [-0.39, 0.29) is 6.54 Å². The lowest BCUT2D eigenvalue weighted by Gasteiger charge is -2.20. The smallest absolute Gasteiger partial charge is 0.256 e. The molecular formula is C11H16N2O3. The molecule has 1 atom stereocenters. The van der Waals surface area contributed by atoms with Crippen molar-refractivity contribution in [3.05, 3.63) is 24.3 Å². The summed E-state index contributed by atoms with van der Waals surface area (Å²) in [7, 11) is 3.16. The molecule has 0 aliphatic rings. The molecule has 0 saturated heterocycles. The number of hydrogen-bond acceptors (Lipinski definition) is 4. The molecule has 88 valence electrons. The monoisotopic (exact) mass is 224 g/mol. The molecule has 3 N–H and O–H groups in total. The summed E-state index contributed by atoms with van der Waals surface area (Å²) >= 11 is 0. The van der Waals surface area contributed by atoms with E-state index >= 15 is 0 Å². The highest BCUT2D eigenvalue weighted by atomic mass is 16.5. The predicted molar refractivity (Wildman–Crippen MR) is 61.5 cm³/mol. The number of nitrogens with two attached hydrogens (primary N) is 1. The molecule has 0 aliphatic heterocycles. The zero-order valence-electron chi connectivity index (χ0n) is 9.38. The first-order chi connectivity index (χ1) is 7.60. The minimum absolute atomic E-state index is 0.0840. The Morgan fingerprint density at radius 1 is 1.50 bits per heavy atom. The average Bonchev–Trinajstić information content (AvgIpc) is 2.36. The maximum absolute atomic E-state index is 11.6. The Bertz CT molecular complexity index is 351. The molecule has 0 bridgehead atoms. The third kappa shape index (κ3) is 2.71. The quantitative estimate of drug-likeness (QED) is 0.753. The largest absolute Gasteiger partial charge is 0.497 e. The van der Waals surface area contributed by atoms with Gasteiger partial charge in [0, 0.05) is 19.3 Å². The SMILES string of the molecule is COc1ccc(N(C)C(=O)C(O)CN)cc1. The van der Waals surface area contributed by atoms with Gasteiger partial charge in [0.25, 0.3) is 5.91 Å². The second kappa shape index (κ2) is 5.48. The topological polar surface area (TPSA) is 75.8 Å². The minimum Gasteiger partial charge on any atom is -0.497 e. The van der Waals surface area contributed by atoms with Gasteiger partial charge in [0.15, 0.2) is 0 Å². The Morgan fingerprint density at radius 2 is 2.06 bits per heavy atom. The molecule has 0 fully saturated rings. The van der Waals surface area contributed by atoms with Gasteiger partial charge in [-0.05, 0) is 24.3 Å². The highest BCUT2D eigenvalue weighted by Crippen LogP contribution is 2.18. The molecule has 1 aromatic rings. The van der Waals surface area contributed by atoms with Gasteiger partial charge < -0.3 is 20.5 Å². The standard InChI is InChI=1S/C11H16N2O3/c1-13(11(15)10(14)7-12)8-3-5-9(16-2)6-4-8/h3-6,10,14H,7,12H2,1-2H3. The van der Waals surface area contributed by atoms with Crippen molar-refractivity contribution >= 4 is 11.6 Å². The first-order valence-electron chi connectivity index (χ1n) is 4.90. The molecule has 1 aromatic carbocycles. The number of nitrogens with zero attached hydrogens (tertiary/aromatic N) is 1. The number of hydrogen-bond donors (Lipinski definition) is 2. The van der Waals surface area contributed by atoms with E-state index in [2.05, 4.69) is 0 Å². The van der Waals surface area contributed by atoms with Crippen LogP contribution in [0.4, 0.5) is 5.69 Å². The predicted octanol–water partition coefficient (Wildman–Crippen LogP) is -0.0224. The lowest BCUT2D eigenvalue weighted by molar-refractivity contribution is -0.125. The van der Waals surface area contributed by atoms with E-state index in [0.717, 1.165) is 0 Å². The van der Waals surface area contributed by atoms with E-state index in [4.69, 9.17) is 10.5 Å². The highest BCUT2D eigenvalue weighted by Gasteiger charge is 2.18. The Morgan fingerprint density at radius 3 is 2.50 bits per heavy atom. The molecule has 5 heteroatoms. The second-order valence-corrected chi connectivity index (χ2v) is 3.35. The number of carbonyl (C=O) groups excluding carboxylic acids is 1. The number of anilines is 1. The van der Waals surface area contributed by atoms with Gasteiger partial charge in [0.1, 0.15) is 11.9 Å². The zero-order valence-corrected chi connectivity index (χ0v) is 9.38. The number of aliphatic hydroxyl groups is 1. The van der Waals surface area contributed by atoms with Crippen LogP contribution in [0.2, 0.25) is 0 Å². The summed E-state index contributed by atoms with van der Waals surface area (Å²) < 4.78 is 5.01. The van der Waals surface area contributed by atoms with Gasteiger partial charge in [0.05, 0.1) is 7.11 Å². The Hall–Kier alpha value is -1.59. The fraction of sp³-hybridized carbons (Fsp3) is 0.364. The molecule has 5 nitrogen and oxygen atoms in total. The van der Waals surface area contributed by atoms with Crippen LogP contribution in [0.1, 0.15) is 0 Å². The number of benzene rings is 1. The van der Waals surface area contributed by atoms with Crippen molar-refractivity contribution in [3.8, 4) is 5.75 Å². The van der Waals surface area contributed by atoms with Crippen LogP contribution in [0.3, 0.4) is 0 Å². The maximum atomic E-state index is 11.6. The molecular weight excluding hydrogens is 208 g/mol. The van der Waals surface area contributed by atoms with Crippen LogP contribution < -0.4 is 15.4 Å². The van der Waals surface area contributed by atoms with Crippen LogP contribution in [0.25, 0.3) is 0 Å². The van der Waals surface area contributed by atoms with E-state index < -0.39 is 12.0 Å².